The zero-order chi connectivity index (χ0) is 11.8. The lowest BCUT2D eigenvalue weighted by molar-refractivity contribution is -0.765. The van der Waals surface area contributed by atoms with Gasteiger partial charge in [0, 0.05) is 18.4 Å². The SMILES string of the molecule is CC(C)(C)O/C([O-])=N/c1c[n+](C2CC2)no1. The van der Waals surface area contributed by atoms with E-state index < -0.39 is 11.7 Å². The Hall–Kier alpha value is -1.59. The Morgan fingerprint density at radius 2 is 2.31 bits per heavy atom. The maximum Gasteiger partial charge on any atom is 0.323 e. The topological polar surface area (TPSA) is 74.6 Å². The largest absolute Gasteiger partial charge is 0.594 e. The molecule has 1 aliphatic rings. The van der Waals surface area contributed by atoms with Crippen molar-refractivity contribution in [2.24, 2.45) is 4.99 Å². The molecule has 1 heterocycles. The van der Waals surface area contributed by atoms with Crippen LogP contribution in [0, 0.1) is 0 Å². The summed E-state index contributed by atoms with van der Waals surface area (Å²) in [6, 6.07) is 0.409. The van der Waals surface area contributed by atoms with E-state index >= 15 is 0 Å². The summed E-state index contributed by atoms with van der Waals surface area (Å²) in [5.74, 6) is 0.182. The van der Waals surface area contributed by atoms with Crippen molar-refractivity contribution in [2.75, 3.05) is 0 Å². The second-order valence-corrected chi connectivity index (χ2v) is 4.84. The fourth-order valence-electron chi connectivity index (χ4n) is 1.18. The summed E-state index contributed by atoms with van der Waals surface area (Å²) < 4.78 is 11.6. The van der Waals surface area contributed by atoms with E-state index in [9.17, 15) is 5.11 Å². The second kappa shape index (κ2) is 3.77. The normalized spacial score (nSPS) is 17.6. The monoisotopic (exact) mass is 225 g/mol. The molecule has 16 heavy (non-hydrogen) atoms. The van der Waals surface area contributed by atoms with Gasteiger partial charge in [0.05, 0.1) is 0 Å². The van der Waals surface area contributed by atoms with Crippen molar-refractivity contribution in [2.45, 2.75) is 45.3 Å². The average Bonchev–Trinajstić information content (AvgIpc) is 2.85. The summed E-state index contributed by atoms with van der Waals surface area (Å²) in [5, 5.41) is 15.1. The second-order valence-electron chi connectivity index (χ2n) is 4.84. The minimum atomic E-state index is -0.661. The predicted molar refractivity (Wildman–Crippen MR) is 52.9 cm³/mol. The molecule has 0 radical (unpaired) electrons. The van der Waals surface area contributed by atoms with Gasteiger partial charge in [0.25, 0.3) is 6.20 Å². The molecule has 0 N–H and O–H groups in total. The first kappa shape index (κ1) is 10.9. The van der Waals surface area contributed by atoms with Gasteiger partial charge in [-0.1, -0.05) is 20.8 Å². The van der Waals surface area contributed by atoms with Crippen LogP contribution in [0.15, 0.2) is 15.7 Å². The van der Waals surface area contributed by atoms with Crippen molar-refractivity contribution < 1.29 is 19.0 Å². The highest BCUT2D eigenvalue weighted by atomic mass is 16.6. The van der Waals surface area contributed by atoms with Crippen LogP contribution in [-0.4, -0.2) is 17.0 Å². The van der Waals surface area contributed by atoms with Crippen molar-refractivity contribution in [1.82, 2.24) is 5.27 Å². The Bertz CT molecular complexity index is 402. The third-order valence-electron chi connectivity index (χ3n) is 1.99. The van der Waals surface area contributed by atoms with E-state index in [2.05, 4.69) is 10.3 Å². The summed E-state index contributed by atoms with van der Waals surface area (Å²) in [5.41, 5.74) is -0.549. The molecular weight excluding hydrogens is 210 g/mol. The average molecular weight is 225 g/mol. The van der Waals surface area contributed by atoms with Crippen molar-refractivity contribution in [3.8, 4) is 0 Å². The molecule has 0 unspecified atom stereocenters. The zero-order valence-electron chi connectivity index (χ0n) is 9.64. The number of hydrogen-bond acceptors (Lipinski definition) is 5. The van der Waals surface area contributed by atoms with E-state index in [0.29, 0.717) is 6.04 Å². The van der Waals surface area contributed by atoms with E-state index in [1.807, 2.05) is 0 Å². The molecule has 0 spiro atoms. The van der Waals surface area contributed by atoms with Gasteiger partial charge in [-0.15, -0.1) is 0 Å². The lowest BCUT2D eigenvalue weighted by atomic mass is 10.2. The summed E-state index contributed by atoms with van der Waals surface area (Å²) in [6.45, 7) is 5.35. The van der Waals surface area contributed by atoms with Crippen molar-refractivity contribution >= 4 is 12.0 Å². The van der Waals surface area contributed by atoms with Gasteiger partial charge in [0.15, 0.2) is 12.1 Å². The molecule has 6 heteroatoms. The molecule has 0 amide bonds. The van der Waals surface area contributed by atoms with Crippen LogP contribution in [0.1, 0.15) is 39.7 Å². The zero-order valence-corrected chi connectivity index (χ0v) is 9.64. The first-order valence-electron chi connectivity index (χ1n) is 5.27. The van der Waals surface area contributed by atoms with Crippen LogP contribution in [0.25, 0.3) is 0 Å². The van der Waals surface area contributed by atoms with Crippen LogP contribution < -0.4 is 9.79 Å². The fraction of sp³-hybridized carbons (Fsp3) is 0.700. The highest BCUT2D eigenvalue weighted by Crippen LogP contribution is 2.28. The van der Waals surface area contributed by atoms with Crippen LogP contribution in [0.5, 0.6) is 0 Å². The van der Waals surface area contributed by atoms with Gasteiger partial charge in [-0.3, -0.25) is 4.52 Å². The molecule has 0 saturated heterocycles. The number of aliphatic imine (C=N–C) groups is 1. The molecule has 1 aliphatic carbocycles. The van der Waals surface area contributed by atoms with E-state index in [0.717, 1.165) is 12.8 Å². The quantitative estimate of drug-likeness (QED) is 0.416. The maximum absolute atomic E-state index is 11.3. The molecule has 0 aliphatic heterocycles. The smallest absolute Gasteiger partial charge is 0.323 e. The highest BCUT2D eigenvalue weighted by Gasteiger charge is 2.35. The summed E-state index contributed by atoms with van der Waals surface area (Å²) in [7, 11) is 0. The Kier molecular flexibility index (Phi) is 2.57. The molecular formula is C10H15N3O3. The first-order valence-corrected chi connectivity index (χ1v) is 5.27. The lowest BCUT2D eigenvalue weighted by Crippen LogP contribution is -2.33. The van der Waals surface area contributed by atoms with Crippen molar-refractivity contribution in [3.05, 3.63) is 6.20 Å². The molecule has 2 rings (SSSR count). The first-order chi connectivity index (χ1) is 7.44. The van der Waals surface area contributed by atoms with Gasteiger partial charge in [0.2, 0.25) is 5.27 Å². The molecule has 1 aromatic heterocycles. The Morgan fingerprint density at radius 3 is 2.88 bits per heavy atom. The van der Waals surface area contributed by atoms with Gasteiger partial charge >= 0.3 is 5.88 Å². The number of rotatable bonds is 2. The Labute approximate surface area is 93.5 Å². The standard InChI is InChI=1S/C10H15N3O3/c1-10(2,3)15-9(14)11-8-6-13(12-16-8)7-4-5-7/h6-7H,4-5H2,1-3H3. The minimum Gasteiger partial charge on any atom is -0.594 e. The van der Waals surface area contributed by atoms with E-state index in [-0.39, 0.29) is 5.88 Å². The molecule has 0 bridgehead atoms. The van der Waals surface area contributed by atoms with Gasteiger partial charge in [-0.05, 0) is 4.68 Å². The van der Waals surface area contributed by atoms with Gasteiger partial charge in [0.1, 0.15) is 0 Å². The third kappa shape index (κ3) is 2.95. The van der Waals surface area contributed by atoms with Gasteiger partial charge in [-0.2, -0.15) is 4.99 Å². The van der Waals surface area contributed by atoms with Crippen LogP contribution in [-0.2, 0) is 4.74 Å². The maximum atomic E-state index is 11.3. The Balaban J connectivity index is 2.03. The third-order valence-corrected chi connectivity index (χ3v) is 1.99. The number of nitrogens with zero attached hydrogens (tertiary/aromatic N) is 3. The lowest BCUT2D eigenvalue weighted by Gasteiger charge is -2.28. The minimum absolute atomic E-state index is 0.182. The van der Waals surface area contributed by atoms with Gasteiger partial charge in [-0.25, -0.2) is 0 Å². The van der Waals surface area contributed by atoms with Gasteiger partial charge < -0.3 is 9.84 Å². The summed E-state index contributed by atoms with van der Waals surface area (Å²) in [6.07, 6.45) is 3.15. The van der Waals surface area contributed by atoms with Crippen LogP contribution in [0.4, 0.5) is 5.88 Å². The van der Waals surface area contributed by atoms with Crippen molar-refractivity contribution in [3.63, 3.8) is 0 Å². The summed E-state index contributed by atoms with van der Waals surface area (Å²) >= 11 is 0. The summed E-state index contributed by atoms with van der Waals surface area (Å²) in [4.78, 5) is 3.66. The molecule has 88 valence electrons. The van der Waals surface area contributed by atoms with E-state index in [1.54, 1.807) is 31.6 Å². The highest BCUT2D eigenvalue weighted by molar-refractivity contribution is 5.65. The number of hydrogen-bond donors (Lipinski definition) is 0. The van der Waals surface area contributed by atoms with Crippen LogP contribution in [0.3, 0.4) is 0 Å². The molecule has 0 atom stereocenters. The molecule has 1 saturated carbocycles. The number of aromatic nitrogens is 2. The van der Waals surface area contributed by atoms with E-state index in [1.165, 1.54) is 0 Å². The van der Waals surface area contributed by atoms with Crippen molar-refractivity contribution in [1.29, 1.82) is 0 Å². The Morgan fingerprint density at radius 1 is 1.62 bits per heavy atom. The van der Waals surface area contributed by atoms with E-state index in [4.69, 9.17) is 9.26 Å². The molecule has 1 aromatic rings. The molecule has 6 nitrogen and oxygen atoms in total. The van der Waals surface area contributed by atoms with Crippen LogP contribution in [0.2, 0.25) is 0 Å². The van der Waals surface area contributed by atoms with Crippen LogP contribution >= 0.6 is 0 Å². The molecule has 0 aromatic carbocycles. The molecule has 1 fully saturated rings. The fourth-order valence-corrected chi connectivity index (χ4v) is 1.18. The number of ether oxygens (including phenoxy) is 1. The predicted octanol–water partition coefficient (Wildman–Crippen LogP) is 0.460.